The van der Waals surface area contributed by atoms with Crippen LogP contribution in [0.25, 0.3) is 0 Å². The van der Waals surface area contributed by atoms with Crippen LogP contribution in [-0.4, -0.2) is 67.3 Å². The van der Waals surface area contributed by atoms with E-state index in [4.69, 9.17) is 9.84 Å². The van der Waals surface area contributed by atoms with Gasteiger partial charge in [0.25, 0.3) is 0 Å². The van der Waals surface area contributed by atoms with E-state index in [0.29, 0.717) is 12.8 Å². The first-order valence-electron chi connectivity index (χ1n) is 6.50. The second-order valence-corrected chi connectivity index (χ2v) is 4.84. The Balaban J connectivity index is 2.12. The highest BCUT2D eigenvalue weighted by Gasteiger charge is 2.30. The topological polar surface area (TPSA) is 108 Å². The van der Waals surface area contributed by atoms with Crippen molar-refractivity contribution in [1.29, 1.82) is 0 Å². The second kappa shape index (κ2) is 7.68. The van der Waals surface area contributed by atoms with Crippen molar-refractivity contribution in [3.05, 3.63) is 0 Å². The highest BCUT2D eigenvalue weighted by Crippen LogP contribution is 2.18. The van der Waals surface area contributed by atoms with Crippen molar-refractivity contribution in [2.24, 2.45) is 0 Å². The van der Waals surface area contributed by atoms with Crippen LogP contribution in [0, 0.1) is 0 Å². The van der Waals surface area contributed by atoms with Gasteiger partial charge in [-0.05, 0) is 12.8 Å². The monoisotopic (exact) mass is 287 g/mol. The molecule has 2 atom stereocenters. The molecule has 0 aromatic rings. The van der Waals surface area contributed by atoms with Crippen LogP contribution in [0.2, 0.25) is 0 Å². The summed E-state index contributed by atoms with van der Waals surface area (Å²) >= 11 is 0. The van der Waals surface area contributed by atoms with Crippen molar-refractivity contribution in [3.8, 4) is 0 Å². The Bertz CT molecular complexity index is 372. The van der Waals surface area contributed by atoms with Gasteiger partial charge in [-0.25, -0.2) is 9.59 Å². The molecular formula is C12H21N3O5. The van der Waals surface area contributed by atoms with Crippen LogP contribution in [0.3, 0.4) is 0 Å². The van der Waals surface area contributed by atoms with Crippen molar-refractivity contribution in [1.82, 2.24) is 15.5 Å². The molecule has 0 bridgehead atoms. The summed E-state index contributed by atoms with van der Waals surface area (Å²) in [6.07, 6.45) is 0.256. The molecule has 0 aromatic carbocycles. The number of aliphatic carboxylic acids is 1. The minimum Gasteiger partial charge on any atom is -0.479 e. The summed E-state index contributed by atoms with van der Waals surface area (Å²) in [5.41, 5.74) is 0. The van der Waals surface area contributed by atoms with Crippen molar-refractivity contribution >= 4 is 17.9 Å². The minimum absolute atomic E-state index is 0.0614. The molecule has 20 heavy (non-hydrogen) atoms. The summed E-state index contributed by atoms with van der Waals surface area (Å²) < 4.78 is 5.24. The Morgan fingerprint density at radius 2 is 1.95 bits per heavy atom. The van der Waals surface area contributed by atoms with E-state index in [1.807, 2.05) is 0 Å². The molecule has 1 aliphatic rings. The third-order valence-corrected chi connectivity index (χ3v) is 3.00. The molecule has 2 unspecified atom stereocenters. The number of hydrogen-bond donors (Lipinski definition) is 3. The molecule has 0 saturated carbocycles. The van der Waals surface area contributed by atoms with Gasteiger partial charge in [-0.1, -0.05) is 0 Å². The number of carbonyl (C=O) groups is 3. The van der Waals surface area contributed by atoms with Crippen LogP contribution in [0.4, 0.5) is 4.79 Å². The lowest BCUT2D eigenvalue weighted by Crippen LogP contribution is -2.41. The SMILES string of the molecule is CN(C)C(=O)CCNC(=O)NCC1CCC(C(=O)O)O1. The van der Waals surface area contributed by atoms with Gasteiger partial charge in [-0.15, -0.1) is 0 Å². The van der Waals surface area contributed by atoms with E-state index in [0.717, 1.165) is 0 Å². The summed E-state index contributed by atoms with van der Waals surface area (Å²) in [6.45, 7) is 0.517. The highest BCUT2D eigenvalue weighted by molar-refractivity contribution is 5.78. The predicted octanol–water partition coefficient (Wildman–Crippen LogP) is -0.604. The standard InChI is InChI=1S/C12H21N3O5/c1-15(2)10(16)5-6-13-12(19)14-7-8-3-4-9(20-8)11(17)18/h8-9H,3-7H2,1-2H3,(H,17,18)(H2,13,14,19). The van der Waals surface area contributed by atoms with Crippen molar-refractivity contribution in [3.63, 3.8) is 0 Å². The fourth-order valence-corrected chi connectivity index (χ4v) is 1.81. The average molecular weight is 287 g/mol. The quantitative estimate of drug-likeness (QED) is 0.604. The first-order valence-corrected chi connectivity index (χ1v) is 6.50. The first-order chi connectivity index (χ1) is 9.40. The van der Waals surface area contributed by atoms with Crippen LogP contribution in [0.1, 0.15) is 19.3 Å². The number of hydrogen-bond acceptors (Lipinski definition) is 4. The minimum atomic E-state index is -0.973. The first kappa shape index (κ1) is 16.2. The third-order valence-electron chi connectivity index (χ3n) is 3.00. The molecule has 114 valence electrons. The van der Waals surface area contributed by atoms with Gasteiger partial charge in [0.05, 0.1) is 6.10 Å². The summed E-state index contributed by atoms with van der Waals surface area (Å²) in [5, 5.41) is 13.9. The largest absolute Gasteiger partial charge is 0.479 e. The number of rotatable bonds is 6. The lowest BCUT2D eigenvalue weighted by atomic mass is 10.2. The van der Waals surface area contributed by atoms with E-state index >= 15 is 0 Å². The van der Waals surface area contributed by atoms with E-state index in [9.17, 15) is 14.4 Å². The summed E-state index contributed by atoms with van der Waals surface area (Å²) in [7, 11) is 3.30. The predicted molar refractivity (Wildman–Crippen MR) is 70.2 cm³/mol. The molecule has 0 radical (unpaired) electrons. The van der Waals surface area contributed by atoms with Crippen LogP contribution in [-0.2, 0) is 14.3 Å². The molecule has 1 saturated heterocycles. The molecule has 0 aromatic heterocycles. The van der Waals surface area contributed by atoms with E-state index in [2.05, 4.69) is 10.6 Å². The van der Waals surface area contributed by atoms with E-state index < -0.39 is 12.1 Å². The van der Waals surface area contributed by atoms with Gasteiger partial charge < -0.3 is 25.4 Å². The fraction of sp³-hybridized carbons (Fsp3) is 0.750. The number of carbonyl (C=O) groups excluding carboxylic acids is 2. The molecule has 3 amide bonds. The summed E-state index contributed by atoms with van der Waals surface area (Å²) in [4.78, 5) is 34.9. The molecule has 1 heterocycles. The number of nitrogens with one attached hydrogen (secondary N) is 2. The number of nitrogens with zero attached hydrogens (tertiary/aromatic N) is 1. The lowest BCUT2D eigenvalue weighted by Gasteiger charge is -2.13. The summed E-state index contributed by atoms with van der Waals surface area (Å²) in [6, 6.07) is -0.390. The van der Waals surface area contributed by atoms with E-state index in [-0.39, 0.29) is 37.6 Å². The van der Waals surface area contributed by atoms with Gasteiger partial charge >= 0.3 is 12.0 Å². The Hall–Kier alpha value is -1.83. The van der Waals surface area contributed by atoms with Gasteiger partial charge in [0.2, 0.25) is 5.91 Å². The second-order valence-electron chi connectivity index (χ2n) is 4.84. The van der Waals surface area contributed by atoms with Crippen LogP contribution in [0.15, 0.2) is 0 Å². The number of ether oxygens (including phenoxy) is 1. The van der Waals surface area contributed by atoms with Gasteiger partial charge in [0.1, 0.15) is 0 Å². The van der Waals surface area contributed by atoms with Gasteiger partial charge in [-0.3, -0.25) is 4.79 Å². The fourth-order valence-electron chi connectivity index (χ4n) is 1.81. The molecule has 0 spiro atoms. The molecule has 1 fully saturated rings. The Morgan fingerprint density at radius 3 is 2.50 bits per heavy atom. The van der Waals surface area contributed by atoms with Crippen LogP contribution < -0.4 is 10.6 Å². The molecule has 8 heteroatoms. The molecule has 1 aliphatic heterocycles. The zero-order chi connectivity index (χ0) is 15.1. The number of urea groups is 1. The average Bonchev–Trinajstić information content (AvgIpc) is 2.85. The maximum Gasteiger partial charge on any atom is 0.332 e. The van der Waals surface area contributed by atoms with E-state index in [1.165, 1.54) is 4.90 Å². The molecule has 3 N–H and O–H groups in total. The van der Waals surface area contributed by atoms with Crippen molar-refractivity contribution in [2.75, 3.05) is 27.2 Å². The Kier molecular flexibility index (Phi) is 6.23. The number of carboxylic acids is 1. The van der Waals surface area contributed by atoms with Crippen LogP contribution >= 0.6 is 0 Å². The molecular weight excluding hydrogens is 266 g/mol. The zero-order valence-corrected chi connectivity index (χ0v) is 11.7. The number of carboxylic acid groups (broad SMARTS) is 1. The Labute approximate surface area is 117 Å². The van der Waals surface area contributed by atoms with Gasteiger partial charge in [0.15, 0.2) is 6.10 Å². The normalized spacial score (nSPS) is 21.3. The zero-order valence-electron chi connectivity index (χ0n) is 11.7. The third kappa shape index (κ3) is 5.43. The number of amides is 3. The van der Waals surface area contributed by atoms with Gasteiger partial charge in [0, 0.05) is 33.6 Å². The van der Waals surface area contributed by atoms with Crippen molar-refractivity contribution in [2.45, 2.75) is 31.5 Å². The van der Waals surface area contributed by atoms with Crippen LogP contribution in [0.5, 0.6) is 0 Å². The summed E-state index contributed by atoms with van der Waals surface area (Å²) in [5.74, 6) is -1.03. The van der Waals surface area contributed by atoms with E-state index in [1.54, 1.807) is 14.1 Å². The highest BCUT2D eigenvalue weighted by atomic mass is 16.5. The maximum atomic E-state index is 11.4. The molecule has 1 rings (SSSR count). The van der Waals surface area contributed by atoms with Crippen molar-refractivity contribution < 1.29 is 24.2 Å². The Morgan fingerprint density at radius 1 is 1.25 bits per heavy atom. The molecule has 0 aliphatic carbocycles. The maximum absolute atomic E-state index is 11.4. The van der Waals surface area contributed by atoms with Gasteiger partial charge in [-0.2, -0.15) is 0 Å². The smallest absolute Gasteiger partial charge is 0.332 e. The molecule has 8 nitrogen and oxygen atoms in total. The lowest BCUT2D eigenvalue weighted by molar-refractivity contribution is -0.149.